The highest BCUT2D eigenvalue weighted by Crippen LogP contribution is 2.25. The van der Waals surface area contributed by atoms with Crippen molar-refractivity contribution in [1.82, 2.24) is 0 Å². The highest BCUT2D eigenvalue weighted by molar-refractivity contribution is 5.89. The Morgan fingerprint density at radius 3 is 3.06 bits per heavy atom. The largest absolute Gasteiger partial charge is 0.478 e. The van der Waals surface area contributed by atoms with E-state index in [0.29, 0.717) is 0 Å². The molecule has 0 aromatic heterocycles. The molecule has 0 bridgehead atoms. The van der Waals surface area contributed by atoms with Crippen LogP contribution in [0.1, 0.15) is 43.0 Å². The molecule has 1 saturated carbocycles. The summed E-state index contributed by atoms with van der Waals surface area (Å²) in [6.45, 7) is 2.21. The van der Waals surface area contributed by atoms with Gasteiger partial charge in [0.05, 0.1) is 11.3 Å². The molecule has 1 aromatic rings. The monoisotopic (exact) mass is 246 g/mol. The first kappa shape index (κ1) is 12.6. The van der Waals surface area contributed by atoms with Crippen LogP contribution in [0.25, 0.3) is 0 Å². The number of benzene rings is 1. The molecule has 1 aromatic carbocycles. The van der Waals surface area contributed by atoms with Crippen LogP contribution in [-0.4, -0.2) is 16.8 Å². The van der Waals surface area contributed by atoms with E-state index in [1.807, 2.05) is 6.07 Å². The number of hydrogen-bond donors (Lipinski definition) is 2. The summed E-state index contributed by atoms with van der Waals surface area (Å²) in [5, 5.41) is 13.3. The van der Waals surface area contributed by atoms with Crippen molar-refractivity contribution in [1.29, 1.82) is 0 Å². The summed E-state index contributed by atoms with van der Waals surface area (Å²) >= 11 is 0. The minimum Gasteiger partial charge on any atom is -0.478 e. The molecule has 1 unspecified atom stereocenters. The molecule has 1 atom stereocenters. The molecule has 0 aliphatic heterocycles. The SMILES string of the molecule is CCC1CCC(=NNc2cccc(C(=O)O)c2)C1. The van der Waals surface area contributed by atoms with Gasteiger partial charge in [-0.25, -0.2) is 4.79 Å². The van der Waals surface area contributed by atoms with Gasteiger partial charge in [0.15, 0.2) is 0 Å². The quantitative estimate of drug-likeness (QED) is 0.801. The minimum absolute atomic E-state index is 0.276. The lowest BCUT2D eigenvalue weighted by molar-refractivity contribution is 0.0697. The number of nitrogens with one attached hydrogen (secondary N) is 1. The lowest BCUT2D eigenvalue weighted by Gasteiger charge is -2.04. The first-order chi connectivity index (χ1) is 8.69. The van der Waals surface area contributed by atoms with Crippen molar-refractivity contribution >= 4 is 17.4 Å². The van der Waals surface area contributed by atoms with Crippen molar-refractivity contribution in [2.45, 2.75) is 32.6 Å². The van der Waals surface area contributed by atoms with Crippen molar-refractivity contribution in [3.63, 3.8) is 0 Å². The summed E-state index contributed by atoms with van der Waals surface area (Å²) < 4.78 is 0. The first-order valence-corrected chi connectivity index (χ1v) is 6.34. The molecule has 0 radical (unpaired) electrons. The predicted molar refractivity (Wildman–Crippen MR) is 72.1 cm³/mol. The highest BCUT2D eigenvalue weighted by atomic mass is 16.4. The maximum absolute atomic E-state index is 10.8. The van der Waals surface area contributed by atoms with E-state index in [1.165, 1.54) is 18.6 Å². The highest BCUT2D eigenvalue weighted by Gasteiger charge is 2.18. The van der Waals surface area contributed by atoms with Crippen molar-refractivity contribution in [2.75, 3.05) is 5.43 Å². The van der Waals surface area contributed by atoms with E-state index >= 15 is 0 Å². The zero-order chi connectivity index (χ0) is 13.0. The average molecular weight is 246 g/mol. The zero-order valence-corrected chi connectivity index (χ0v) is 10.5. The van der Waals surface area contributed by atoms with Gasteiger partial charge < -0.3 is 5.11 Å². The van der Waals surface area contributed by atoms with E-state index in [0.717, 1.165) is 24.4 Å². The summed E-state index contributed by atoms with van der Waals surface area (Å²) in [4.78, 5) is 10.8. The minimum atomic E-state index is -0.918. The second-order valence-electron chi connectivity index (χ2n) is 4.69. The Bertz CT molecular complexity index is 469. The molecule has 4 heteroatoms. The number of hydrogen-bond acceptors (Lipinski definition) is 3. The van der Waals surface area contributed by atoms with Crippen molar-refractivity contribution in [3.05, 3.63) is 29.8 Å². The second-order valence-corrected chi connectivity index (χ2v) is 4.69. The third-order valence-electron chi connectivity index (χ3n) is 3.40. The van der Waals surface area contributed by atoms with Crippen molar-refractivity contribution < 1.29 is 9.90 Å². The molecule has 18 heavy (non-hydrogen) atoms. The van der Waals surface area contributed by atoms with Crippen LogP contribution in [0.3, 0.4) is 0 Å². The maximum Gasteiger partial charge on any atom is 0.335 e. The molecular formula is C14H18N2O2. The van der Waals surface area contributed by atoms with Crippen molar-refractivity contribution in [2.24, 2.45) is 11.0 Å². The number of aromatic carboxylic acids is 1. The number of carbonyl (C=O) groups is 1. The Balaban J connectivity index is 2.00. The lowest BCUT2D eigenvalue weighted by atomic mass is 10.1. The van der Waals surface area contributed by atoms with Gasteiger partial charge in [-0.1, -0.05) is 19.4 Å². The third kappa shape index (κ3) is 3.09. The first-order valence-electron chi connectivity index (χ1n) is 6.34. The molecule has 2 rings (SSSR count). The van der Waals surface area contributed by atoms with E-state index < -0.39 is 5.97 Å². The molecule has 1 aliphatic rings. The lowest BCUT2D eigenvalue weighted by Crippen LogP contribution is -2.00. The molecular weight excluding hydrogens is 228 g/mol. The summed E-state index contributed by atoms with van der Waals surface area (Å²) in [6, 6.07) is 6.71. The van der Waals surface area contributed by atoms with Gasteiger partial charge in [-0.05, 0) is 43.4 Å². The fourth-order valence-electron chi connectivity index (χ4n) is 2.22. The topological polar surface area (TPSA) is 61.7 Å². The Hall–Kier alpha value is -1.84. The van der Waals surface area contributed by atoms with Crippen molar-refractivity contribution in [3.8, 4) is 0 Å². The van der Waals surface area contributed by atoms with E-state index in [-0.39, 0.29) is 5.56 Å². The Kier molecular flexibility index (Phi) is 3.97. The number of nitrogens with zero attached hydrogens (tertiary/aromatic N) is 1. The smallest absolute Gasteiger partial charge is 0.335 e. The summed E-state index contributed by atoms with van der Waals surface area (Å²) in [6.07, 6.45) is 4.52. The number of carboxylic acid groups (broad SMARTS) is 1. The van der Waals surface area contributed by atoms with Gasteiger partial charge in [0.2, 0.25) is 0 Å². The third-order valence-corrected chi connectivity index (χ3v) is 3.40. The summed E-state index contributed by atoms with van der Waals surface area (Å²) in [7, 11) is 0. The van der Waals surface area contributed by atoms with Crippen LogP contribution in [-0.2, 0) is 0 Å². The molecule has 0 saturated heterocycles. The van der Waals surface area contributed by atoms with Gasteiger partial charge in [-0.3, -0.25) is 5.43 Å². The maximum atomic E-state index is 10.8. The van der Waals surface area contributed by atoms with Crippen LogP contribution in [0.5, 0.6) is 0 Å². The fraction of sp³-hybridized carbons (Fsp3) is 0.429. The van der Waals surface area contributed by atoms with Gasteiger partial charge in [-0.15, -0.1) is 0 Å². The number of carboxylic acids is 1. The molecule has 0 heterocycles. The van der Waals surface area contributed by atoms with Gasteiger partial charge in [0.1, 0.15) is 0 Å². The van der Waals surface area contributed by atoms with Crippen LogP contribution in [0.4, 0.5) is 5.69 Å². The Morgan fingerprint density at radius 1 is 1.56 bits per heavy atom. The standard InChI is InChI=1S/C14H18N2O2/c1-2-10-6-7-13(8-10)16-15-12-5-3-4-11(9-12)14(17)18/h3-5,9-10,15H,2,6-8H2,1H3,(H,17,18). The zero-order valence-electron chi connectivity index (χ0n) is 10.5. The predicted octanol–water partition coefficient (Wildman–Crippen LogP) is 3.36. The molecule has 1 fully saturated rings. The van der Waals surface area contributed by atoms with Crippen LogP contribution >= 0.6 is 0 Å². The van der Waals surface area contributed by atoms with Gasteiger partial charge in [0, 0.05) is 5.71 Å². The van der Waals surface area contributed by atoms with E-state index in [1.54, 1.807) is 18.2 Å². The van der Waals surface area contributed by atoms with Gasteiger partial charge >= 0.3 is 5.97 Å². The van der Waals surface area contributed by atoms with Crippen LogP contribution in [0.2, 0.25) is 0 Å². The van der Waals surface area contributed by atoms with Gasteiger partial charge in [-0.2, -0.15) is 5.10 Å². The second kappa shape index (κ2) is 5.67. The average Bonchev–Trinajstić information content (AvgIpc) is 2.84. The Labute approximate surface area is 107 Å². The molecule has 2 N–H and O–H groups in total. The van der Waals surface area contributed by atoms with Crippen LogP contribution < -0.4 is 5.43 Å². The normalized spacial score (nSPS) is 21.2. The summed E-state index contributed by atoms with van der Waals surface area (Å²) in [5.41, 5.74) is 5.13. The molecule has 0 amide bonds. The fourth-order valence-corrected chi connectivity index (χ4v) is 2.22. The van der Waals surface area contributed by atoms with E-state index in [9.17, 15) is 4.79 Å². The van der Waals surface area contributed by atoms with E-state index in [4.69, 9.17) is 5.11 Å². The summed E-state index contributed by atoms with van der Waals surface area (Å²) in [5.74, 6) is -0.158. The van der Waals surface area contributed by atoms with Crippen LogP contribution in [0.15, 0.2) is 29.4 Å². The molecule has 96 valence electrons. The number of anilines is 1. The number of hydrazone groups is 1. The van der Waals surface area contributed by atoms with E-state index in [2.05, 4.69) is 17.5 Å². The number of rotatable bonds is 4. The Morgan fingerprint density at radius 2 is 2.39 bits per heavy atom. The molecule has 4 nitrogen and oxygen atoms in total. The molecule has 1 aliphatic carbocycles. The van der Waals surface area contributed by atoms with Crippen LogP contribution in [0, 0.1) is 5.92 Å². The van der Waals surface area contributed by atoms with Gasteiger partial charge in [0.25, 0.3) is 0 Å². The molecule has 0 spiro atoms.